The standard InChI is InChI=1S/C17H24ClNO/c1-12(17(2,3)4)16(11-19-9-15(20)10-19)13-5-7-14(18)8-6-13/h5-8,15-16,20H,1,9-11H2,2-4H3. The second kappa shape index (κ2) is 5.88. The zero-order valence-electron chi connectivity index (χ0n) is 12.6. The summed E-state index contributed by atoms with van der Waals surface area (Å²) >= 11 is 5.98. The molecule has 20 heavy (non-hydrogen) atoms. The van der Waals surface area contributed by atoms with E-state index in [0.717, 1.165) is 24.7 Å². The van der Waals surface area contributed by atoms with Crippen molar-refractivity contribution in [1.82, 2.24) is 4.90 Å². The zero-order chi connectivity index (χ0) is 14.9. The maximum atomic E-state index is 9.46. The Morgan fingerprint density at radius 2 is 1.90 bits per heavy atom. The predicted molar refractivity (Wildman–Crippen MR) is 85.2 cm³/mol. The van der Waals surface area contributed by atoms with E-state index in [9.17, 15) is 5.11 Å². The van der Waals surface area contributed by atoms with Crippen molar-refractivity contribution in [2.75, 3.05) is 19.6 Å². The third-order valence-electron chi connectivity index (χ3n) is 4.04. The van der Waals surface area contributed by atoms with Gasteiger partial charge in [0, 0.05) is 30.6 Å². The number of nitrogens with zero attached hydrogens (tertiary/aromatic N) is 1. The van der Waals surface area contributed by atoms with E-state index < -0.39 is 0 Å². The van der Waals surface area contributed by atoms with E-state index in [4.69, 9.17) is 11.6 Å². The molecule has 1 aliphatic heterocycles. The SMILES string of the molecule is C=C(C(CN1CC(O)C1)c1ccc(Cl)cc1)C(C)(C)C. The Hall–Kier alpha value is -0.830. The Labute approximate surface area is 127 Å². The number of hydrogen-bond acceptors (Lipinski definition) is 2. The lowest BCUT2D eigenvalue weighted by Crippen LogP contribution is -2.52. The van der Waals surface area contributed by atoms with Crippen molar-refractivity contribution in [2.45, 2.75) is 32.8 Å². The van der Waals surface area contributed by atoms with Gasteiger partial charge in [0.15, 0.2) is 0 Å². The third kappa shape index (κ3) is 3.63. The fourth-order valence-corrected chi connectivity index (χ4v) is 2.71. The first-order valence-electron chi connectivity index (χ1n) is 7.12. The summed E-state index contributed by atoms with van der Waals surface area (Å²) in [4.78, 5) is 2.28. The van der Waals surface area contributed by atoms with Gasteiger partial charge in [0.2, 0.25) is 0 Å². The number of halogens is 1. The summed E-state index contributed by atoms with van der Waals surface area (Å²) < 4.78 is 0. The molecule has 0 saturated carbocycles. The summed E-state index contributed by atoms with van der Waals surface area (Å²) in [5.74, 6) is 0.278. The highest BCUT2D eigenvalue weighted by Crippen LogP contribution is 2.37. The number of β-amino-alcohol motifs (C(OH)–C–C–N with tert-alkyl or cyclic N) is 1. The Balaban J connectivity index is 2.19. The molecule has 0 aliphatic carbocycles. The van der Waals surface area contributed by atoms with Crippen molar-refractivity contribution < 1.29 is 5.11 Å². The predicted octanol–water partition coefficient (Wildman–Crippen LogP) is 3.70. The molecule has 3 heteroatoms. The zero-order valence-corrected chi connectivity index (χ0v) is 13.3. The molecule has 0 spiro atoms. The van der Waals surface area contributed by atoms with E-state index in [2.05, 4.69) is 44.4 Å². The van der Waals surface area contributed by atoms with Gasteiger partial charge in [-0.2, -0.15) is 0 Å². The van der Waals surface area contributed by atoms with Crippen LogP contribution in [0.1, 0.15) is 32.3 Å². The van der Waals surface area contributed by atoms with Gasteiger partial charge in [-0.3, -0.25) is 4.90 Å². The topological polar surface area (TPSA) is 23.5 Å². The van der Waals surface area contributed by atoms with Crippen molar-refractivity contribution in [3.8, 4) is 0 Å². The molecule has 1 saturated heterocycles. The number of rotatable bonds is 4. The molecular weight excluding hydrogens is 270 g/mol. The van der Waals surface area contributed by atoms with E-state index >= 15 is 0 Å². The number of aliphatic hydroxyl groups excluding tert-OH is 1. The summed E-state index contributed by atoms with van der Waals surface area (Å²) in [7, 11) is 0. The molecule has 0 bridgehead atoms. The quantitative estimate of drug-likeness (QED) is 0.856. The van der Waals surface area contributed by atoms with Crippen LogP contribution >= 0.6 is 11.6 Å². The maximum Gasteiger partial charge on any atom is 0.0793 e. The molecule has 1 aromatic rings. The number of likely N-dealkylation sites (tertiary alicyclic amines) is 1. The van der Waals surface area contributed by atoms with Gasteiger partial charge in [-0.25, -0.2) is 0 Å². The first-order valence-corrected chi connectivity index (χ1v) is 7.50. The van der Waals surface area contributed by atoms with Crippen LogP contribution in [0.25, 0.3) is 0 Å². The van der Waals surface area contributed by atoms with Crippen LogP contribution in [0.2, 0.25) is 5.02 Å². The lowest BCUT2D eigenvalue weighted by atomic mass is 9.76. The Morgan fingerprint density at radius 1 is 1.35 bits per heavy atom. The molecule has 2 nitrogen and oxygen atoms in total. The minimum atomic E-state index is -0.163. The summed E-state index contributed by atoms with van der Waals surface area (Å²) in [6.45, 7) is 13.4. The minimum Gasteiger partial charge on any atom is -0.390 e. The summed E-state index contributed by atoms with van der Waals surface area (Å²) in [6.07, 6.45) is -0.163. The van der Waals surface area contributed by atoms with Gasteiger partial charge in [-0.1, -0.05) is 56.7 Å². The summed E-state index contributed by atoms with van der Waals surface area (Å²) in [5, 5.41) is 10.2. The van der Waals surface area contributed by atoms with Crippen molar-refractivity contribution in [3.63, 3.8) is 0 Å². The average molecular weight is 294 g/mol. The van der Waals surface area contributed by atoms with Crippen LogP contribution in [0.15, 0.2) is 36.4 Å². The fraction of sp³-hybridized carbons (Fsp3) is 0.529. The van der Waals surface area contributed by atoms with Crippen molar-refractivity contribution in [2.24, 2.45) is 5.41 Å². The first-order chi connectivity index (χ1) is 9.27. The number of hydrogen-bond donors (Lipinski definition) is 1. The lowest BCUT2D eigenvalue weighted by molar-refractivity contribution is -0.000195. The van der Waals surface area contributed by atoms with E-state index in [0.29, 0.717) is 0 Å². The molecule has 1 aromatic carbocycles. The third-order valence-corrected chi connectivity index (χ3v) is 4.29. The van der Waals surface area contributed by atoms with Crippen molar-refractivity contribution in [3.05, 3.63) is 47.0 Å². The summed E-state index contributed by atoms with van der Waals surface area (Å²) in [6, 6.07) is 8.04. The summed E-state index contributed by atoms with van der Waals surface area (Å²) in [5.41, 5.74) is 2.53. The highest BCUT2D eigenvalue weighted by atomic mass is 35.5. The molecule has 0 radical (unpaired) electrons. The van der Waals surface area contributed by atoms with Crippen LogP contribution in [0.4, 0.5) is 0 Å². The van der Waals surface area contributed by atoms with Gasteiger partial charge in [0.25, 0.3) is 0 Å². The second-order valence-corrected chi connectivity index (χ2v) is 7.19. The van der Waals surface area contributed by atoms with Crippen LogP contribution in [0, 0.1) is 5.41 Å². The molecule has 1 unspecified atom stereocenters. The molecule has 1 heterocycles. The highest BCUT2D eigenvalue weighted by Gasteiger charge is 2.31. The van der Waals surface area contributed by atoms with E-state index in [1.807, 2.05) is 12.1 Å². The molecule has 110 valence electrons. The van der Waals surface area contributed by atoms with Gasteiger partial charge in [0.1, 0.15) is 0 Å². The molecule has 0 aromatic heterocycles. The largest absolute Gasteiger partial charge is 0.390 e. The fourth-order valence-electron chi connectivity index (χ4n) is 2.58. The Kier molecular flexibility index (Phi) is 4.58. The maximum absolute atomic E-state index is 9.46. The normalized spacial score (nSPS) is 18.6. The highest BCUT2D eigenvalue weighted by molar-refractivity contribution is 6.30. The smallest absolute Gasteiger partial charge is 0.0793 e. The van der Waals surface area contributed by atoms with Gasteiger partial charge in [-0.15, -0.1) is 0 Å². The monoisotopic (exact) mass is 293 g/mol. The molecular formula is C17H24ClNO. The van der Waals surface area contributed by atoms with Crippen molar-refractivity contribution in [1.29, 1.82) is 0 Å². The van der Waals surface area contributed by atoms with Gasteiger partial charge in [-0.05, 0) is 23.1 Å². The molecule has 1 atom stereocenters. The second-order valence-electron chi connectivity index (χ2n) is 6.75. The van der Waals surface area contributed by atoms with E-state index in [1.54, 1.807) is 0 Å². The van der Waals surface area contributed by atoms with Gasteiger partial charge < -0.3 is 5.11 Å². The number of aliphatic hydroxyl groups is 1. The van der Waals surface area contributed by atoms with E-state index in [1.165, 1.54) is 11.1 Å². The van der Waals surface area contributed by atoms with Crippen LogP contribution in [-0.2, 0) is 0 Å². The lowest BCUT2D eigenvalue weighted by Gasteiger charge is -2.40. The van der Waals surface area contributed by atoms with Crippen LogP contribution in [0.3, 0.4) is 0 Å². The Bertz CT molecular complexity index is 469. The number of benzene rings is 1. The molecule has 1 aliphatic rings. The first kappa shape index (κ1) is 15.6. The van der Waals surface area contributed by atoms with Gasteiger partial charge >= 0.3 is 0 Å². The van der Waals surface area contributed by atoms with Crippen molar-refractivity contribution >= 4 is 11.6 Å². The molecule has 0 amide bonds. The average Bonchev–Trinajstić information content (AvgIpc) is 2.32. The Morgan fingerprint density at radius 3 is 2.35 bits per heavy atom. The molecule has 2 rings (SSSR count). The van der Waals surface area contributed by atoms with E-state index in [-0.39, 0.29) is 17.4 Å². The van der Waals surface area contributed by atoms with Gasteiger partial charge in [0.05, 0.1) is 6.10 Å². The minimum absolute atomic E-state index is 0.0633. The molecule has 1 N–H and O–H groups in total. The molecule has 1 fully saturated rings. The van der Waals surface area contributed by atoms with Crippen LogP contribution in [-0.4, -0.2) is 35.7 Å². The van der Waals surface area contributed by atoms with Crippen LogP contribution < -0.4 is 0 Å². The van der Waals surface area contributed by atoms with Crippen LogP contribution in [0.5, 0.6) is 0 Å².